The molecule has 0 saturated carbocycles. The van der Waals surface area contributed by atoms with E-state index in [0.29, 0.717) is 0 Å². The molecule has 1 aromatic heterocycles. The molecule has 1 unspecified atom stereocenters. The molecule has 174 valence electrons. The Labute approximate surface area is 214 Å². The summed E-state index contributed by atoms with van der Waals surface area (Å²) in [6.45, 7) is 0. The Balaban J connectivity index is 1.56. The quantitative estimate of drug-likeness (QED) is 0.229. The molecule has 1 atom stereocenters. The van der Waals surface area contributed by atoms with Crippen LogP contribution in [0.5, 0.6) is 0 Å². The van der Waals surface area contributed by atoms with Crippen molar-refractivity contribution in [3.63, 3.8) is 0 Å². The van der Waals surface area contributed by atoms with Gasteiger partial charge in [0.05, 0.1) is 11.0 Å². The van der Waals surface area contributed by atoms with E-state index in [9.17, 15) is 0 Å². The van der Waals surface area contributed by atoms with E-state index >= 15 is 4.57 Å². The van der Waals surface area contributed by atoms with Crippen molar-refractivity contribution < 1.29 is 4.57 Å². The number of aromatic nitrogens is 1. The van der Waals surface area contributed by atoms with E-state index in [4.69, 9.17) is 0 Å². The highest BCUT2D eigenvalue weighted by Crippen LogP contribution is 2.54. The molecule has 7 aromatic rings. The lowest BCUT2D eigenvalue weighted by Crippen LogP contribution is -2.20. The second-order valence-corrected chi connectivity index (χ2v) is 12.4. The Morgan fingerprint density at radius 2 is 1.27 bits per heavy atom. The Morgan fingerprint density at radius 3 is 2.16 bits per heavy atom. The molecular weight excluding hydrogens is 469 g/mol. The number of rotatable bonds is 2. The van der Waals surface area contributed by atoms with Crippen molar-refractivity contribution in [3.8, 4) is 16.8 Å². The monoisotopic (exact) mass is 491 g/mol. The van der Waals surface area contributed by atoms with E-state index in [2.05, 4.69) is 102 Å². The summed E-state index contributed by atoms with van der Waals surface area (Å²) < 4.78 is 17.5. The van der Waals surface area contributed by atoms with E-state index in [1.807, 2.05) is 36.4 Å². The second-order valence-electron chi connectivity index (χ2n) is 9.70. The largest absolute Gasteiger partial charge is 0.309 e. The summed E-state index contributed by atoms with van der Waals surface area (Å²) in [5, 5.41) is 7.54. The molecule has 0 aliphatic carbocycles. The first kappa shape index (κ1) is 20.8. The molecule has 0 spiro atoms. The van der Waals surface area contributed by atoms with Crippen LogP contribution in [0.3, 0.4) is 0 Å². The molecular formula is C34H22NOP. The summed E-state index contributed by atoms with van der Waals surface area (Å²) in [6, 6.07) is 46.2. The Hall–Kier alpha value is -4.39. The van der Waals surface area contributed by atoms with Gasteiger partial charge in [0.25, 0.3) is 0 Å². The minimum Gasteiger partial charge on any atom is -0.309 e. The van der Waals surface area contributed by atoms with Gasteiger partial charge in [-0.3, -0.25) is 0 Å². The van der Waals surface area contributed by atoms with Crippen molar-refractivity contribution in [1.82, 2.24) is 4.57 Å². The highest BCUT2D eigenvalue weighted by molar-refractivity contribution is 7.86. The van der Waals surface area contributed by atoms with Gasteiger partial charge in [-0.15, -0.1) is 0 Å². The molecule has 1 aliphatic heterocycles. The molecule has 0 N–H and O–H groups in total. The number of fused-ring (bicyclic) bond motifs is 8. The minimum atomic E-state index is -3.01. The second kappa shape index (κ2) is 7.56. The zero-order valence-corrected chi connectivity index (χ0v) is 20.9. The normalized spacial score (nSPS) is 16.3. The van der Waals surface area contributed by atoms with Crippen molar-refractivity contribution in [1.29, 1.82) is 0 Å². The van der Waals surface area contributed by atoms with Crippen molar-refractivity contribution in [2.75, 3.05) is 0 Å². The van der Waals surface area contributed by atoms with Gasteiger partial charge in [-0.05, 0) is 40.6 Å². The van der Waals surface area contributed by atoms with Gasteiger partial charge >= 0.3 is 0 Å². The number of hydrogen-bond acceptors (Lipinski definition) is 1. The van der Waals surface area contributed by atoms with Crippen LogP contribution >= 0.6 is 7.14 Å². The first-order chi connectivity index (χ1) is 18.2. The Morgan fingerprint density at radius 1 is 0.541 bits per heavy atom. The van der Waals surface area contributed by atoms with Crippen molar-refractivity contribution in [3.05, 3.63) is 133 Å². The van der Waals surface area contributed by atoms with Crippen LogP contribution in [-0.4, -0.2) is 4.57 Å². The molecule has 0 radical (unpaired) electrons. The molecule has 0 fully saturated rings. The van der Waals surface area contributed by atoms with Crippen molar-refractivity contribution >= 4 is 55.6 Å². The lowest BCUT2D eigenvalue weighted by Gasteiger charge is -2.16. The van der Waals surface area contributed by atoms with Crippen LogP contribution in [0, 0.1) is 0 Å². The van der Waals surface area contributed by atoms with Crippen LogP contribution in [0.1, 0.15) is 0 Å². The summed E-state index contributed by atoms with van der Waals surface area (Å²) in [6.07, 6.45) is 0. The fourth-order valence-corrected chi connectivity index (χ4v) is 9.22. The van der Waals surface area contributed by atoms with Crippen LogP contribution in [-0.2, 0) is 4.57 Å². The number of para-hydroxylation sites is 1. The maximum Gasteiger partial charge on any atom is 0.172 e. The minimum absolute atomic E-state index is 0.883. The molecule has 0 saturated heterocycles. The lowest BCUT2D eigenvalue weighted by molar-refractivity contribution is 0.593. The van der Waals surface area contributed by atoms with Crippen molar-refractivity contribution in [2.24, 2.45) is 0 Å². The average molecular weight is 492 g/mol. The summed E-state index contributed by atoms with van der Waals surface area (Å²) >= 11 is 0. The first-order valence-electron chi connectivity index (χ1n) is 12.6. The number of hydrogen-bond donors (Lipinski definition) is 0. The first-order valence-corrected chi connectivity index (χ1v) is 14.3. The zero-order valence-electron chi connectivity index (χ0n) is 20.0. The Kier molecular flexibility index (Phi) is 4.24. The molecule has 0 bridgehead atoms. The molecule has 1 aliphatic rings. The van der Waals surface area contributed by atoms with Gasteiger partial charge < -0.3 is 9.13 Å². The number of nitrogens with zero attached hydrogens (tertiary/aromatic N) is 1. The molecule has 8 rings (SSSR count). The predicted octanol–water partition coefficient (Wildman–Crippen LogP) is 7.56. The van der Waals surface area contributed by atoms with E-state index in [0.717, 1.165) is 43.8 Å². The van der Waals surface area contributed by atoms with Gasteiger partial charge in [-0.25, -0.2) is 0 Å². The van der Waals surface area contributed by atoms with Gasteiger partial charge in [-0.2, -0.15) is 0 Å². The van der Waals surface area contributed by atoms with Crippen LogP contribution in [0.15, 0.2) is 133 Å². The maximum absolute atomic E-state index is 15.1. The lowest BCUT2D eigenvalue weighted by atomic mass is 10.0. The SMILES string of the molecule is O=P1(c2ccccc2)c2ccccc2-c2c1ccc1c3ccccc3n(-c3ccc4ccccc4c3)c21. The van der Waals surface area contributed by atoms with E-state index in [-0.39, 0.29) is 0 Å². The fourth-order valence-electron chi connectivity index (χ4n) is 6.16. The third-order valence-electron chi connectivity index (χ3n) is 7.78. The summed E-state index contributed by atoms with van der Waals surface area (Å²) in [5.41, 5.74) is 5.54. The summed E-state index contributed by atoms with van der Waals surface area (Å²) in [4.78, 5) is 0. The molecule has 37 heavy (non-hydrogen) atoms. The van der Waals surface area contributed by atoms with Crippen LogP contribution in [0.4, 0.5) is 0 Å². The molecule has 3 heteroatoms. The van der Waals surface area contributed by atoms with E-state index < -0.39 is 7.14 Å². The van der Waals surface area contributed by atoms with Crippen LogP contribution in [0.2, 0.25) is 0 Å². The average Bonchev–Trinajstić information content (AvgIpc) is 3.44. The van der Waals surface area contributed by atoms with Gasteiger partial charge in [0.15, 0.2) is 7.14 Å². The predicted molar refractivity (Wildman–Crippen MR) is 157 cm³/mol. The Bertz CT molecular complexity index is 2070. The van der Waals surface area contributed by atoms with Crippen LogP contribution in [0.25, 0.3) is 49.4 Å². The topological polar surface area (TPSA) is 22.0 Å². The fraction of sp³-hybridized carbons (Fsp3) is 0. The molecule has 0 amide bonds. The van der Waals surface area contributed by atoms with Gasteiger partial charge in [0.2, 0.25) is 0 Å². The molecule has 6 aromatic carbocycles. The van der Waals surface area contributed by atoms with Crippen LogP contribution < -0.4 is 15.9 Å². The third kappa shape index (κ3) is 2.74. The summed E-state index contributed by atoms with van der Waals surface area (Å²) in [7, 11) is -3.01. The molecule has 2 nitrogen and oxygen atoms in total. The highest BCUT2D eigenvalue weighted by atomic mass is 31.2. The highest BCUT2D eigenvalue weighted by Gasteiger charge is 2.41. The molecule has 2 heterocycles. The zero-order chi connectivity index (χ0) is 24.6. The van der Waals surface area contributed by atoms with E-state index in [1.165, 1.54) is 21.5 Å². The smallest absolute Gasteiger partial charge is 0.172 e. The van der Waals surface area contributed by atoms with Gasteiger partial charge in [0, 0.05) is 37.9 Å². The third-order valence-corrected chi connectivity index (χ3v) is 10.9. The van der Waals surface area contributed by atoms with Gasteiger partial charge in [0.1, 0.15) is 0 Å². The maximum atomic E-state index is 15.1. The van der Waals surface area contributed by atoms with Crippen molar-refractivity contribution in [2.45, 2.75) is 0 Å². The standard InChI is InChI=1S/C34H22NOP/c36-37(26-12-2-1-3-13-26)31-17-9-7-15-29(31)33-32(37)21-20-28-27-14-6-8-16-30(27)35(34(28)33)25-19-18-23-10-4-5-11-24(23)22-25/h1-22H. The van der Waals surface area contributed by atoms with E-state index in [1.54, 1.807) is 0 Å². The summed E-state index contributed by atoms with van der Waals surface area (Å²) in [5.74, 6) is 0. The number of benzene rings is 6. The van der Waals surface area contributed by atoms with Gasteiger partial charge in [-0.1, -0.05) is 109 Å².